The third-order valence-corrected chi connectivity index (χ3v) is 5.24. The summed E-state index contributed by atoms with van der Waals surface area (Å²) in [6.07, 6.45) is 0. The number of ether oxygens (including phenoxy) is 3. The first kappa shape index (κ1) is 23.1. The summed E-state index contributed by atoms with van der Waals surface area (Å²) in [5, 5.41) is 0. The van der Waals surface area contributed by atoms with Crippen LogP contribution in [0.15, 0.2) is 60.7 Å². The highest BCUT2D eigenvalue weighted by molar-refractivity contribution is 7.81. The molecular formula is C23H23N2O6S-. The average molecular weight is 456 g/mol. The molecule has 0 saturated carbocycles. The number of nitrogen functional groups attached to an aromatic ring is 1. The highest BCUT2D eigenvalue weighted by atomic mass is 32.2. The third-order valence-electron chi connectivity index (χ3n) is 4.53. The normalized spacial score (nSPS) is 11.5. The van der Waals surface area contributed by atoms with Crippen molar-refractivity contribution >= 4 is 34.3 Å². The zero-order chi connectivity index (χ0) is 23.3. The molecule has 0 fully saturated rings. The number of methoxy groups -OCH3 is 1. The summed E-state index contributed by atoms with van der Waals surface area (Å²) in [5.41, 5.74) is 7.86. The summed E-state index contributed by atoms with van der Waals surface area (Å²) in [7, 11) is 1.22. The molecule has 32 heavy (non-hydrogen) atoms. The molecule has 1 unspecified atom stereocenters. The molecule has 168 valence electrons. The second kappa shape index (κ2) is 10.2. The minimum absolute atomic E-state index is 0.0234. The fourth-order valence-electron chi connectivity index (χ4n) is 3.01. The maximum Gasteiger partial charge on any atom is 0.340 e. The van der Waals surface area contributed by atoms with Crippen LogP contribution >= 0.6 is 0 Å². The summed E-state index contributed by atoms with van der Waals surface area (Å²) in [6, 6.07) is 16.3. The minimum Gasteiger partial charge on any atom is -0.755 e. The lowest BCUT2D eigenvalue weighted by Crippen LogP contribution is -2.22. The maximum absolute atomic E-state index is 12.5. The topological polar surface area (TPSA) is 114 Å². The van der Waals surface area contributed by atoms with Crippen molar-refractivity contribution in [1.82, 2.24) is 0 Å². The van der Waals surface area contributed by atoms with Crippen molar-refractivity contribution in [1.29, 1.82) is 0 Å². The first-order chi connectivity index (χ1) is 15.3. The largest absolute Gasteiger partial charge is 0.755 e. The van der Waals surface area contributed by atoms with Crippen LogP contribution < -0.4 is 19.5 Å². The van der Waals surface area contributed by atoms with E-state index in [-0.39, 0.29) is 11.3 Å². The van der Waals surface area contributed by atoms with Gasteiger partial charge in [0.1, 0.15) is 17.2 Å². The summed E-state index contributed by atoms with van der Waals surface area (Å²) < 4.78 is 41.4. The molecule has 0 radical (unpaired) electrons. The molecule has 9 heteroatoms. The number of aryl methyl sites for hydroxylation is 1. The summed E-state index contributed by atoms with van der Waals surface area (Å²) >= 11 is -2.69. The van der Waals surface area contributed by atoms with Crippen molar-refractivity contribution in [2.75, 3.05) is 23.8 Å². The van der Waals surface area contributed by atoms with E-state index < -0.39 is 17.2 Å². The van der Waals surface area contributed by atoms with E-state index in [0.29, 0.717) is 35.2 Å². The standard InChI is InChI=1S/C23H24N2O6S/c1-4-30-22-14-18(9-11-20(22)24)31-17-10-12-21(19(13-17)23(26)29-3)25(32(27)28)16-7-5-15(2)6-8-16/h5-14H,4,24H2,1-3H3,(H,27,28)/p-1. The number of hydrogen-bond donors (Lipinski definition) is 1. The van der Waals surface area contributed by atoms with E-state index in [1.54, 1.807) is 48.5 Å². The van der Waals surface area contributed by atoms with Crippen molar-refractivity contribution in [2.24, 2.45) is 0 Å². The van der Waals surface area contributed by atoms with Crippen LogP contribution in [0, 0.1) is 6.92 Å². The van der Waals surface area contributed by atoms with E-state index in [4.69, 9.17) is 19.9 Å². The van der Waals surface area contributed by atoms with Crippen molar-refractivity contribution < 1.29 is 27.8 Å². The number of benzene rings is 3. The predicted octanol–water partition coefficient (Wildman–Crippen LogP) is 4.49. The van der Waals surface area contributed by atoms with Gasteiger partial charge >= 0.3 is 5.97 Å². The molecular weight excluding hydrogens is 432 g/mol. The van der Waals surface area contributed by atoms with Crippen LogP contribution in [0.25, 0.3) is 0 Å². The smallest absolute Gasteiger partial charge is 0.340 e. The molecule has 0 aromatic heterocycles. The van der Waals surface area contributed by atoms with Crippen LogP contribution in [0.5, 0.6) is 17.2 Å². The molecule has 3 aromatic rings. The lowest BCUT2D eigenvalue weighted by atomic mass is 10.1. The lowest BCUT2D eigenvalue weighted by Gasteiger charge is -2.28. The third kappa shape index (κ3) is 5.19. The first-order valence-corrected chi connectivity index (χ1v) is 10.8. The monoisotopic (exact) mass is 455 g/mol. The number of nitrogens with two attached hydrogens (primary N) is 1. The highest BCUT2D eigenvalue weighted by Crippen LogP contribution is 2.35. The van der Waals surface area contributed by atoms with E-state index in [9.17, 15) is 13.6 Å². The van der Waals surface area contributed by atoms with E-state index in [1.807, 2.05) is 13.8 Å². The number of rotatable bonds is 8. The van der Waals surface area contributed by atoms with Gasteiger partial charge in [0.25, 0.3) is 0 Å². The minimum atomic E-state index is -2.69. The van der Waals surface area contributed by atoms with Crippen molar-refractivity contribution in [3.05, 3.63) is 71.8 Å². The van der Waals surface area contributed by atoms with Gasteiger partial charge in [-0.2, -0.15) is 0 Å². The zero-order valence-corrected chi connectivity index (χ0v) is 18.7. The molecule has 0 aliphatic carbocycles. The van der Waals surface area contributed by atoms with Crippen molar-refractivity contribution in [2.45, 2.75) is 13.8 Å². The maximum atomic E-state index is 12.5. The number of nitrogens with zero attached hydrogens (tertiary/aromatic N) is 1. The predicted molar refractivity (Wildman–Crippen MR) is 122 cm³/mol. The van der Waals surface area contributed by atoms with Gasteiger partial charge in [0, 0.05) is 6.07 Å². The molecule has 0 aliphatic rings. The number of anilines is 3. The van der Waals surface area contributed by atoms with Gasteiger partial charge in [-0.1, -0.05) is 17.7 Å². The molecule has 1 atom stereocenters. The fourth-order valence-corrected chi connectivity index (χ4v) is 3.62. The molecule has 0 amide bonds. The Morgan fingerprint density at radius 2 is 1.72 bits per heavy atom. The molecule has 3 rings (SSSR count). The quantitative estimate of drug-likeness (QED) is 0.302. The Bertz CT molecular complexity index is 1130. The van der Waals surface area contributed by atoms with E-state index >= 15 is 0 Å². The Morgan fingerprint density at radius 1 is 1.06 bits per heavy atom. The molecule has 8 nitrogen and oxygen atoms in total. The van der Waals surface area contributed by atoms with Gasteiger partial charge in [-0.05, 0) is 56.3 Å². The molecule has 3 aromatic carbocycles. The molecule has 0 spiro atoms. The van der Waals surface area contributed by atoms with Crippen LogP contribution in [0.4, 0.5) is 17.1 Å². The van der Waals surface area contributed by atoms with E-state index in [1.165, 1.54) is 19.2 Å². The van der Waals surface area contributed by atoms with Gasteiger partial charge in [0.05, 0.1) is 47.6 Å². The number of carbonyl (C=O) groups excluding carboxylic acids is 1. The average Bonchev–Trinajstić information content (AvgIpc) is 2.77. The SMILES string of the molecule is CCOc1cc(Oc2ccc(N(c3ccc(C)cc3)S(=O)[O-])c(C(=O)OC)c2)ccc1N. The highest BCUT2D eigenvalue weighted by Gasteiger charge is 2.21. The van der Waals surface area contributed by atoms with E-state index in [0.717, 1.165) is 9.87 Å². The second-order valence-electron chi connectivity index (χ2n) is 6.75. The number of esters is 1. The Kier molecular flexibility index (Phi) is 7.34. The second-order valence-corrected chi connectivity index (χ2v) is 7.55. The van der Waals surface area contributed by atoms with Gasteiger partial charge in [-0.3, -0.25) is 8.51 Å². The van der Waals surface area contributed by atoms with Crippen LogP contribution in [0.1, 0.15) is 22.8 Å². The number of carbonyl (C=O) groups is 1. The van der Waals surface area contributed by atoms with Crippen molar-refractivity contribution in [3.63, 3.8) is 0 Å². The van der Waals surface area contributed by atoms with Gasteiger partial charge in [0.15, 0.2) is 0 Å². The van der Waals surface area contributed by atoms with Gasteiger partial charge in [0.2, 0.25) is 0 Å². The Hall–Kier alpha value is -3.56. The fraction of sp³-hybridized carbons (Fsp3) is 0.174. The summed E-state index contributed by atoms with van der Waals surface area (Å²) in [4.78, 5) is 12.5. The van der Waals surface area contributed by atoms with E-state index in [2.05, 4.69) is 0 Å². The van der Waals surface area contributed by atoms with Crippen LogP contribution in [-0.4, -0.2) is 28.4 Å². The number of hydrogen-bond acceptors (Lipinski definition) is 7. The summed E-state index contributed by atoms with van der Waals surface area (Å²) in [5.74, 6) is 0.512. The molecule has 0 saturated heterocycles. The van der Waals surface area contributed by atoms with Crippen LogP contribution in [-0.2, 0) is 16.0 Å². The van der Waals surface area contributed by atoms with Gasteiger partial charge < -0.3 is 24.5 Å². The van der Waals surface area contributed by atoms with Crippen LogP contribution in [0.3, 0.4) is 0 Å². The molecule has 0 aliphatic heterocycles. The first-order valence-electron chi connectivity index (χ1n) is 9.72. The molecule has 0 bridgehead atoms. The Morgan fingerprint density at radius 3 is 2.34 bits per heavy atom. The van der Waals surface area contributed by atoms with Gasteiger partial charge in [-0.25, -0.2) is 4.79 Å². The Balaban J connectivity index is 2.02. The molecule has 0 heterocycles. The zero-order valence-electron chi connectivity index (χ0n) is 17.9. The summed E-state index contributed by atoms with van der Waals surface area (Å²) in [6.45, 7) is 4.17. The lowest BCUT2D eigenvalue weighted by molar-refractivity contribution is 0.0601. The Labute approximate surface area is 188 Å². The van der Waals surface area contributed by atoms with Crippen LogP contribution in [0.2, 0.25) is 0 Å². The van der Waals surface area contributed by atoms with Gasteiger partial charge in [-0.15, -0.1) is 0 Å². The molecule has 2 N–H and O–H groups in total. The van der Waals surface area contributed by atoms with Crippen molar-refractivity contribution in [3.8, 4) is 17.2 Å².